The normalized spacial score (nSPS) is 10.5. The number of hydrogen-bond donors (Lipinski definition) is 3. The minimum atomic E-state index is 0.0253. The molecule has 0 aromatic rings. The van der Waals surface area contributed by atoms with Gasteiger partial charge in [0.2, 0.25) is 0 Å². The number of ether oxygens (including phenoxy) is 2. The van der Waals surface area contributed by atoms with Crippen LogP contribution in [0.5, 0.6) is 11.8 Å². The van der Waals surface area contributed by atoms with Crippen molar-refractivity contribution in [3.63, 3.8) is 0 Å². The van der Waals surface area contributed by atoms with Crippen molar-refractivity contribution in [1.29, 1.82) is 5.41 Å². The highest BCUT2D eigenvalue weighted by atomic mass is 16.6. The SMILES string of the molecule is COc1nc2c(=N)ccc(N)c-2n(O)c1OC. The zero-order valence-corrected chi connectivity index (χ0v) is 9.39. The molecule has 0 spiro atoms. The number of methoxy groups -OCH3 is 2. The Morgan fingerprint density at radius 3 is 2.65 bits per heavy atom. The van der Waals surface area contributed by atoms with Crippen LogP contribution in [0.25, 0.3) is 11.4 Å². The summed E-state index contributed by atoms with van der Waals surface area (Å²) in [5, 5.41) is 17.8. The van der Waals surface area contributed by atoms with Gasteiger partial charge in [0.25, 0.3) is 11.8 Å². The van der Waals surface area contributed by atoms with Crippen LogP contribution in [0.15, 0.2) is 12.1 Å². The summed E-state index contributed by atoms with van der Waals surface area (Å²) in [5.41, 5.74) is 6.50. The third-order valence-electron chi connectivity index (χ3n) is 2.37. The van der Waals surface area contributed by atoms with Gasteiger partial charge >= 0.3 is 0 Å². The van der Waals surface area contributed by atoms with E-state index in [0.717, 1.165) is 4.73 Å². The molecule has 2 rings (SSSR count). The van der Waals surface area contributed by atoms with Crippen LogP contribution in [0.4, 0.5) is 5.69 Å². The van der Waals surface area contributed by atoms with Gasteiger partial charge in [0.05, 0.1) is 25.3 Å². The number of nitrogen functional groups attached to an aromatic ring is 1. The lowest BCUT2D eigenvalue weighted by Gasteiger charge is -2.17. The fraction of sp³-hybridized carbons (Fsp3) is 0.200. The smallest absolute Gasteiger partial charge is 0.292 e. The first-order valence-corrected chi connectivity index (χ1v) is 4.77. The van der Waals surface area contributed by atoms with Crippen LogP contribution < -0.4 is 20.6 Å². The molecule has 0 fully saturated rings. The van der Waals surface area contributed by atoms with E-state index in [-0.39, 0.29) is 28.5 Å². The van der Waals surface area contributed by atoms with Crippen LogP contribution in [0.2, 0.25) is 0 Å². The lowest BCUT2D eigenvalue weighted by molar-refractivity contribution is 0.145. The van der Waals surface area contributed by atoms with E-state index in [1.165, 1.54) is 26.4 Å². The zero-order valence-electron chi connectivity index (χ0n) is 9.39. The van der Waals surface area contributed by atoms with Gasteiger partial charge in [-0.05, 0) is 12.1 Å². The molecule has 2 aliphatic rings. The molecule has 90 valence electrons. The first-order chi connectivity index (χ1) is 8.10. The number of nitrogens with one attached hydrogen (secondary N) is 1. The van der Waals surface area contributed by atoms with Crippen molar-refractivity contribution in [2.45, 2.75) is 0 Å². The molecule has 1 aliphatic carbocycles. The van der Waals surface area contributed by atoms with E-state index in [1.807, 2.05) is 0 Å². The Kier molecular flexibility index (Phi) is 2.51. The van der Waals surface area contributed by atoms with E-state index in [9.17, 15) is 5.21 Å². The molecule has 17 heavy (non-hydrogen) atoms. The van der Waals surface area contributed by atoms with Gasteiger partial charge in [0, 0.05) is 0 Å². The first-order valence-electron chi connectivity index (χ1n) is 4.77. The second kappa shape index (κ2) is 3.85. The molecule has 0 atom stereocenters. The third-order valence-corrected chi connectivity index (χ3v) is 2.37. The Bertz CT molecular complexity index is 593. The van der Waals surface area contributed by atoms with Crippen molar-refractivity contribution < 1.29 is 14.7 Å². The van der Waals surface area contributed by atoms with Crippen LogP contribution in [0.3, 0.4) is 0 Å². The fourth-order valence-electron chi connectivity index (χ4n) is 1.58. The molecule has 0 saturated carbocycles. The van der Waals surface area contributed by atoms with Gasteiger partial charge in [-0.2, -0.15) is 0 Å². The van der Waals surface area contributed by atoms with Gasteiger partial charge in [-0.3, -0.25) is 5.41 Å². The highest BCUT2D eigenvalue weighted by Gasteiger charge is 2.21. The standard InChI is InChI=1S/C10H12N4O3/c1-16-9-10(17-2)14(15)8-6(12)4-3-5(11)7(8)13-9/h3-4,11,15H,12H2,1-2H3. The largest absolute Gasteiger partial charge is 0.477 e. The van der Waals surface area contributed by atoms with Crippen LogP contribution in [0, 0.1) is 5.41 Å². The number of hydrogen-bond acceptors (Lipinski definition) is 6. The van der Waals surface area contributed by atoms with Gasteiger partial charge < -0.3 is 20.4 Å². The van der Waals surface area contributed by atoms with Crippen LogP contribution in [-0.4, -0.2) is 29.1 Å². The number of anilines is 1. The number of rotatable bonds is 2. The maximum absolute atomic E-state index is 9.98. The molecule has 0 unspecified atom stereocenters. The quantitative estimate of drug-likeness (QED) is 0.513. The van der Waals surface area contributed by atoms with E-state index in [2.05, 4.69) is 4.98 Å². The monoisotopic (exact) mass is 236 g/mol. The average Bonchev–Trinajstić information content (AvgIpc) is 2.33. The van der Waals surface area contributed by atoms with E-state index in [1.54, 1.807) is 0 Å². The molecule has 0 radical (unpaired) electrons. The predicted octanol–water partition coefficient (Wildman–Crippen LogP) is 0.304. The van der Waals surface area contributed by atoms with Gasteiger partial charge in [-0.1, -0.05) is 0 Å². The maximum Gasteiger partial charge on any atom is 0.292 e. The molecule has 1 aliphatic heterocycles. The number of fused-ring (bicyclic) bond motifs is 1. The number of benzene rings is 1. The van der Waals surface area contributed by atoms with Crippen molar-refractivity contribution in [1.82, 2.24) is 9.71 Å². The molecular formula is C10H12N4O3. The number of nitrogens with two attached hydrogens (primary N) is 1. The van der Waals surface area contributed by atoms with Gasteiger partial charge in [-0.25, -0.2) is 4.98 Å². The van der Waals surface area contributed by atoms with E-state index in [0.29, 0.717) is 5.69 Å². The van der Waals surface area contributed by atoms with Crippen molar-refractivity contribution in [3.05, 3.63) is 17.5 Å². The predicted molar refractivity (Wildman–Crippen MR) is 59.4 cm³/mol. The van der Waals surface area contributed by atoms with E-state index in [4.69, 9.17) is 20.6 Å². The van der Waals surface area contributed by atoms with Gasteiger partial charge in [-0.15, -0.1) is 4.73 Å². The third kappa shape index (κ3) is 1.52. The molecule has 0 aromatic carbocycles. The Morgan fingerprint density at radius 1 is 1.35 bits per heavy atom. The highest BCUT2D eigenvalue weighted by molar-refractivity contribution is 5.72. The minimum absolute atomic E-state index is 0.0253. The Morgan fingerprint density at radius 2 is 2.06 bits per heavy atom. The minimum Gasteiger partial charge on any atom is -0.477 e. The summed E-state index contributed by atoms with van der Waals surface area (Å²) in [6.45, 7) is 0. The van der Waals surface area contributed by atoms with Crippen LogP contribution in [0.1, 0.15) is 0 Å². The lowest BCUT2D eigenvalue weighted by atomic mass is 10.1. The highest BCUT2D eigenvalue weighted by Crippen LogP contribution is 2.32. The molecule has 0 aromatic heterocycles. The topological polar surface area (TPSA) is 106 Å². The van der Waals surface area contributed by atoms with Gasteiger partial charge in [0.15, 0.2) is 0 Å². The summed E-state index contributed by atoms with van der Waals surface area (Å²) in [7, 11) is 2.77. The first kappa shape index (κ1) is 11.1. The maximum atomic E-state index is 9.98. The zero-order chi connectivity index (χ0) is 12.6. The summed E-state index contributed by atoms with van der Waals surface area (Å²) in [4.78, 5) is 4.09. The number of aromatic nitrogens is 2. The summed E-state index contributed by atoms with van der Waals surface area (Å²) in [6, 6.07) is 3.02. The lowest BCUT2D eigenvalue weighted by Crippen LogP contribution is -2.17. The fourth-order valence-corrected chi connectivity index (χ4v) is 1.58. The molecule has 4 N–H and O–H groups in total. The van der Waals surface area contributed by atoms with Crippen molar-refractivity contribution in [3.8, 4) is 23.1 Å². The number of nitrogens with zero attached hydrogens (tertiary/aromatic N) is 2. The summed E-state index contributed by atoms with van der Waals surface area (Å²) < 4.78 is 10.7. The average molecular weight is 236 g/mol. The van der Waals surface area contributed by atoms with Crippen LogP contribution >= 0.6 is 0 Å². The second-order valence-electron chi connectivity index (χ2n) is 3.34. The van der Waals surface area contributed by atoms with E-state index < -0.39 is 0 Å². The Hall–Kier alpha value is -2.44. The molecule has 0 amide bonds. The molecule has 7 nitrogen and oxygen atoms in total. The van der Waals surface area contributed by atoms with Gasteiger partial charge in [0.1, 0.15) is 11.4 Å². The molecule has 1 heterocycles. The molecule has 7 heteroatoms. The van der Waals surface area contributed by atoms with Crippen molar-refractivity contribution >= 4 is 5.69 Å². The summed E-state index contributed by atoms with van der Waals surface area (Å²) in [6.07, 6.45) is 0. The van der Waals surface area contributed by atoms with Crippen molar-refractivity contribution in [2.75, 3.05) is 20.0 Å². The van der Waals surface area contributed by atoms with Crippen molar-refractivity contribution in [2.24, 2.45) is 0 Å². The van der Waals surface area contributed by atoms with Crippen LogP contribution in [-0.2, 0) is 0 Å². The Balaban J connectivity index is 2.94. The summed E-state index contributed by atoms with van der Waals surface area (Å²) in [5.74, 6) is 0.110. The molecule has 0 bridgehead atoms. The Labute approximate surface area is 96.8 Å². The van der Waals surface area contributed by atoms with E-state index >= 15 is 0 Å². The second-order valence-corrected chi connectivity index (χ2v) is 3.34. The molecular weight excluding hydrogens is 224 g/mol. The molecule has 0 saturated heterocycles. The summed E-state index contributed by atoms with van der Waals surface area (Å²) >= 11 is 0.